The lowest BCUT2D eigenvalue weighted by Gasteiger charge is -2.25. The highest BCUT2D eigenvalue weighted by molar-refractivity contribution is 6.03. The molecule has 0 heterocycles. The van der Waals surface area contributed by atoms with E-state index in [9.17, 15) is 19.5 Å². The summed E-state index contributed by atoms with van der Waals surface area (Å²) in [7, 11) is 1.40. The molecular formula is C30H27N3O6. The molecule has 3 amide bonds. The number of aromatic hydroxyl groups is 1. The Kier molecular flexibility index (Phi) is 8.55. The number of alkyl carbamates (subject to hydrolysis) is 1. The van der Waals surface area contributed by atoms with E-state index in [1.54, 1.807) is 84.9 Å². The van der Waals surface area contributed by atoms with Crippen molar-refractivity contribution < 1.29 is 29.0 Å². The highest BCUT2D eigenvalue weighted by atomic mass is 16.6. The first kappa shape index (κ1) is 26.9. The number of amides is 3. The van der Waals surface area contributed by atoms with Crippen molar-refractivity contribution in [2.75, 3.05) is 18.2 Å². The van der Waals surface area contributed by atoms with Crippen LogP contribution in [-0.4, -0.2) is 36.2 Å². The molecule has 0 spiro atoms. The van der Waals surface area contributed by atoms with E-state index in [0.29, 0.717) is 27.7 Å². The molecule has 0 bridgehead atoms. The fourth-order valence-corrected chi connectivity index (χ4v) is 4.03. The minimum absolute atomic E-state index is 0.0427. The average Bonchev–Trinajstić information content (AvgIpc) is 2.95. The van der Waals surface area contributed by atoms with Gasteiger partial charge in [-0.1, -0.05) is 60.7 Å². The van der Waals surface area contributed by atoms with Gasteiger partial charge in [0.2, 0.25) is 5.91 Å². The Morgan fingerprint density at radius 1 is 0.872 bits per heavy atom. The fraction of sp³-hybridized carbons (Fsp3) is 0.100. The maximum Gasteiger partial charge on any atom is 0.414 e. The standard InChI is InChI=1S/C30H27N3O6/c1-38-26(17-18-27(35)32-24-14-8-7-13-23(24)31)28(22-15-16-25(34)21-12-6-5-11-20(21)22)39-30(37)33-29(36)19-9-3-2-4-10-19/h2-18,26,28,34H,31H2,1H3,(H,32,35)(H,33,36,37)/b18-17+/t26-,28-/m1/s1. The zero-order valence-electron chi connectivity index (χ0n) is 21.0. The highest BCUT2D eigenvalue weighted by Crippen LogP contribution is 2.35. The van der Waals surface area contributed by atoms with Gasteiger partial charge < -0.3 is 25.6 Å². The van der Waals surface area contributed by atoms with Crippen LogP contribution in [0, 0.1) is 0 Å². The minimum Gasteiger partial charge on any atom is -0.507 e. The maximum atomic E-state index is 12.9. The van der Waals surface area contributed by atoms with Crippen LogP contribution >= 0.6 is 0 Å². The number of fused-ring (bicyclic) bond motifs is 1. The summed E-state index contributed by atoms with van der Waals surface area (Å²) in [6, 6.07) is 25.1. The topological polar surface area (TPSA) is 140 Å². The third kappa shape index (κ3) is 6.60. The smallest absolute Gasteiger partial charge is 0.414 e. The van der Waals surface area contributed by atoms with Crippen molar-refractivity contribution in [2.45, 2.75) is 12.2 Å². The monoisotopic (exact) mass is 525 g/mol. The van der Waals surface area contributed by atoms with Crippen LogP contribution in [0.3, 0.4) is 0 Å². The molecular weight excluding hydrogens is 498 g/mol. The van der Waals surface area contributed by atoms with Gasteiger partial charge in [0.1, 0.15) is 11.9 Å². The van der Waals surface area contributed by atoms with Gasteiger partial charge in [-0.05, 0) is 41.8 Å². The van der Waals surface area contributed by atoms with Crippen LogP contribution in [-0.2, 0) is 14.3 Å². The maximum absolute atomic E-state index is 12.9. The van der Waals surface area contributed by atoms with Crippen LogP contribution in [0.5, 0.6) is 5.75 Å². The molecule has 198 valence electrons. The molecule has 9 heteroatoms. The van der Waals surface area contributed by atoms with Crippen LogP contribution in [0.1, 0.15) is 22.0 Å². The van der Waals surface area contributed by atoms with E-state index < -0.39 is 30.1 Å². The normalized spacial score (nSPS) is 12.5. The zero-order valence-corrected chi connectivity index (χ0v) is 21.0. The largest absolute Gasteiger partial charge is 0.507 e. The van der Waals surface area contributed by atoms with Gasteiger partial charge in [-0.3, -0.25) is 14.9 Å². The Balaban J connectivity index is 1.63. The first-order chi connectivity index (χ1) is 18.9. The molecule has 0 aliphatic carbocycles. The Morgan fingerprint density at radius 3 is 2.26 bits per heavy atom. The fourth-order valence-electron chi connectivity index (χ4n) is 4.03. The number of imide groups is 1. The molecule has 0 aromatic heterocycles. The Bertz CT molecular complexity index is 1520. The van der Waals surface area contributed by atoms with Gasteiger partial charge in [-0.2, -0.15) is 0 Å². The molecule has 2 atom stereocenters. The number of phenolic OH excluding ortho intramolecular Hbond substituents is 1. The molecule has 0 saturated heterocycles. The molecule has 4 aromatic rings. The summed E-state index contributed by atoms with van der Waals surface area (Å²) in [5.74, 6) is -1.08. The van der Waals surface area contributed by atoms with Gasteiger partial charge in [-0.15, -0.1) is 0 Å². The van der Waals surface area contributed by atoms with E-state index in [1.165, 1.54) is 25.3 Å². The van der Waals surface area contributed by atoms with Crippen LogP contribution in [0.15, 0.2) is 103 Å². The molecule has 4 rings (SSSR count). The van der Waals surface area contributed by atoms with Crippen LogP contribution in [0.2, 0.25) is 0 Å². The summed E-state index contributed by atoms with van der Waals surface area (Å²) in [5, 5.41) is 16.4. The van der Waals surface area contributed by atoms with Gasteiger partial charge >= 0.3 is 6.09 Å². The van der Waals surface area contributed by atoms with Crippen molar-refractivity contribution in [1.29, 1.82) is 0 Å². The number of benzene rings is 4. The van der Waals surface area contributed by atoms with Gasteiger partial charge in [0, 0.05) is 29.7 Å². The second kappa shape index (κ2) is 12.4. The van der Waals surface area contributed by atoms with Gasteiger partial charge in [-0.25, -0.2) is 4.79 Å². The summed E-state index contributed by atoms with van der Waals surface area (Å²) in [4.78, 5) is 38.0. The number of nitrogen functional groups attached to an aromatic ring is 1. The van der Waals surface area contributed by atoms with E-state index in [-0.39, 0.29) is 11.3 Å². The molecule has 0 saturated carbocycles. The number of nitrogens with two attached hydrogens (primary N) is 1. The Labute approximate surface area is 224 Å². The Hall–Kier alpha value is -5.15. The van der Waals surface area contributed by atoms with Crippen LogP contribution < -0.4 is 16.4 Å². The zero-order chi connectivity index (χ0) is 27.8. The van der Waals surface area contributed by atoms with E-state index in [0.717, 1.165) is 0 Å². The van der Waals surface area contributed by atoms with Gasteiger partial charge in [0.05, 0.1) is 11.4 Å². The predicted octanol–water partition coefficient (Wildman–Crippen LogP) is 4.95. The lowest BCUT2D eigenvalue weighted by Crippen LogP contribution is -2.35. The molecule has 39 heavy (non-hydrogen) atoms. The first-order valence-corrected chi connectivity index (χ1v) is 12.0. The molecule has 0 unspecified atom stereocenters. The number of anilines is 2. The number of phenols is 1. The van der Waals surface area contributed by atoms with Gasteiger partial charge in [0.25, 0.3) is 5.91 Å². The van der Waals surface area contributed by atoms with Crippen molar-refractivity contribution in [3.63, 3.8) is 0 Å². The lowest BCUT2D eigenvalue weighted by atomic mass is 9.96. The average molecular weight is 526 g/mol. The Morgan fingerprint density at radius 2 is 1.54 bits per heavy atom. The summed E-state index contributed by atoms with van der Waals surface area (Å²) < 4.78 is 11.3. The number of nitrogens with one attached hydrogen (secondary N) is 2. The van der Waals surface area contributed by atoms with E-state index in [2.05, 4.69) is 10.6 Å². The number of carbonyl (C=O) groups is 3. The SMILES string of the molecule is CO[C@H](/C=C/C(=O)Nc1ccccc1N)[C@H](OC(=O)NC(=O)c1ccccc1)c1ccc(O)c2ccccc12. The van der Waals surface area contributed by atoms with E-state index >= 15 is 0 Å². The van der Waals surface area contributed by atoms with Crippen molar-refractivity contribution in [3.8, 4) is 5.75 Å². The van der Waals surface area contributed by atoms with Crippen LogP contribution in [0.4, 0.5) is 16.2 Å². The molecule has 5 N–H and O–H groups in total. The van der Waals surface area contributed by atoms with Crippen molar-refractivity contribution in [2.24, 2.45) is 0 Å². The highest BCUT2D eigenvalue weighted by Gasteiger charge is 2.28. The third-order valence-electron chi connectivity index (χ3n) is 5.95. The number of carbonyl (C=O) groups excluding carboxylic acids is 3. The molecule has 0 radical (unpaired) electrons. The second-order valence-corrected chi connectivity index (χ2v) is 8.50. The number of hydrogen-bond donors (Lipinski definition) is 4. The number of ether oxygens (including phenoxy) is 2. The number of hydrogen-bond acceptors (Lipinski definition) is 7. The summed E-state index contributed by atoms with van der Waals surface area (Å²) >= 11 is 0. The van der Waals surface area contributed by atoms with Crippen LogP contribution in [0.25, 0.3) is 10.8 Å². The van der Waals surface area contributed by atoms with Gasteiger partial charge in [0.15, 0.2) is 6.10 Å². The van der Waals surface area contributed by atoms with Crippen molar-refractivity contribution in [3.05, 3.63) is 114 Å². The lowest BCUT2D eigenvalue weighted by molar-refractivity contribution is -0.112. The molecule has 0 fully saturated rings. The van der Waals surface area contributed by atoms with Crippen molar-refractivity contribution in [1.82, 2.24) is 5.32 Å². The molecule has 9 nitrogen and oxygen atoms in total. The first-order valence-electron chi connectivity index (χ1n) is 12.0. The van der Waals surface area contributed by atoms with E-state index in [4.69, 9.17) is 15.2 Å². The molecule has 0 aliphatic rings. The third-order valence-corrected chi connectivity index (χ3v) is 5.95. The number of rotatable bonds is 8. The van der Waals surface area contributed by atoms with E-state index in [1.807, 2.05) is 0 Å². The molecule has 0 aliphatic heterocycles. The quantitative estimate of drug-likeness (QED) is 0.189. The minimum atomic E-state index is -1.10. The summed E-state index contributed by atoms with van der Waals surface area (Å²) in [6.07, 6.45) is -0.382. The molecule has 4 aromatic carbocycles. The summed E-state index contributed by atoms with van der Waals surface area (Å²) in [5.41, 5.74) is 7.52. The summed E-state index contributed by atoms with van der Waals surface area (Å²) in [6.45, 7) is 0. The number of methoxy groups -OCH3 is 1. The predicted molar refractivity (Wildman–Crippen MR) is 148 cm³/mol. The second-order valence-electron chi connectivity index (χ2n) is 8.50. The van der Waals surface area contributed by atoms with Crippen molar-refractivity contribution >= 4 is 40.1 Å². The number of para-hydroxylation sites is 2.